The predicted octanol–water partition coefficient (Wildman–Crippen LogP) is 1.99. The highest BCUT2D eigenvalue weighted by molar-refractivity contribution is 7.09. The molecular weight excluding hydrogens is 244 g/mol. The molecule has 1 N–H and O–H groups in total. The standard InChI is InChI=1S/C13H16N4S/c1-10-9-18-13(16-10)3-4-15-7-11-5-12(6-14)17(2)8-11/h5,8-9,15H,3-4,7H2,1-2H3. The van der Waals surface area contributed by atoms with Crippen LogP contribution in [0.15, 0.2) is 17.6 Å². The number of nitrogens with one attached hydrogen (secondary N) is 1. The van der Waals surface area contributed by atoms with E-state index in [0.29, 0.717) is 5.69 Å². The van der Waals surface area contributed by atoms with Crippen molar-refractivity contribution in [2.24, 2.45) is 7.05 Å². The molecule has 0 aliphatic heterocycles. The molecule has 94 valence electrons. The van der Waals surface area contributed by atoms with Crippen LogP contribution in [0.5, 0.6) is 0 Å². The van der Waals surface area contributed by atoms with Crippen molar-refractivity contribution in [3.8, 4) is 6.07 Å². The third-order valence-electron chi connectivity index (χ3n) is 2.69. The Kier molecular flexibility index (Phi) is 4.13. The number of nitrogens with zero attached hydrogens (tertiary/aromatic N) is 3. The van der Waals surface area contributed by atoms with Gasteiger partial charge in [-0.2, -0.15) is 5.26 Å². The Morgan fingerprint density at radius 2 is 2.39 bits per heavy atom. The first-order chi connectivity index (χ1) is 8.69. The highest BCUT2D eigenvalue weighted by atomic mass is 32.1. The van der Waals surface area contributed by atoms with E-state index in [1.807, 2.05) is 30.8 Å². The predicted molar refractivity (Wildman–Crippen MR) is 72.4 cm³/mol. The second-order valence-corrected chi connectivity index (χ2v) is 5.21. The second-order valence-electron chi connectivity index (χ2n) is 4.27. The number of aryl methyl sites for hydroxylation is 2. The smallest absolute Gasteiger partial charge is 0.120 e. The molecule has 0 bridgehead atoms. The van der Waals surface area contributed by atoms with E-state index in [4.69, 9.17) is 5.26 Å². The van der Waals surface area contributed by atoms with Gasteiger partial charge in [0.05, 0.1) is 5.01 Å². The van der Waals surface area contributed by atoms with Crippen LogP contribution in [0.4, 0.5) is 0 Å². The largest absolute Gasteiger partial charge is 0.342 e. The summed E-state index contributed by atoms with van der Waals surface area (Å²) in [6.07, 6.45) is 2.94. The first-order valence-electron chi connectivity index (χ1n) is 5.86. The number of hydrogen-bond acceptors (Lipinski definition) is 4. The van der Waals surface area contributed by atoms with Crippen molar-refractivity contribution in [2.45, 2.75) is 19.9 Å². The number of nitriles is 1. The summed E-state index contributed by atoms with van der Waals surface area (Å²) in [5, 5.41) is 15.5. The van der Waals surface area contributed by atoms with Gasteiger partial charge in [-0.1, -0.05) is 0 Å². The molecule has 0 fully saturated rings. The van der Waals surface area contributed by atoms with Crippen LogP contribution in [0.3, 0.4) is 0 Å². The maximum Gasteiger partial charge on any atom is 0.120 e. The normalized spacial score (nSPS) is 10.5. The van der Waals surface area contributed by atoms with E-state index in [1.165, 1.54) is 5.01 Å². The van der Waals surface area contributed by atoms with Gasteiger partial charge in [0, 0.05) is 43.8 Å². The molecule has 2 rings (SSSR count). The van der Waals surface area contributed by atoms with Crippen LogP contribution < -0.4 is 5.32 Å². The molecule has 5 heteroatoms. The fraction of sp³-hybridized carbons (Fsp3) is 0.385. The van der Waals surface area contributed by atoms with Crippen molar-refractivity contribution in [1.29, 1.82) is 5.26 Å². The summed E-state index contributed by atoms with van der Waals surface area (Å²) in [5.41, 5.74) is 2.93. The SMILES string of the molecule is Cc1csc(CCNCc2cc(C#N)n(C)c2)n1. The van der Waals surface area contributed by atoms with Gasteiger partial charge in [-0.15, -0.1) is 11.3 Å². The quantitative estimate of drug-likeness (QED) is 0.837. The van der Waals surface area contributed by atoms with E-state index < -0.39 is 0 Å². The Labute approximate surface area is 111 Å². The summed E-state index contributed by atoms with van der Waals surface area (Å²) >= 11 is 1.71. The van der Waals surface area contributed by atoms with Crippen LogP contribution >= 0.6 is 11.3 Å². The molecule has 0 saturated carbocycles. The second kappa shape index (κ2) is 5.80. The fourth-order valence-electron chi connectivity index (χ4n) is 1.79. The maximum atomic E-state index is 8.86. The third kappa shape index (κ3) is 3.19. The molecule has 2 aromatic rings. The first-order valence-corrected chi connectivity index (χ1v) is 6.74. The highest BCUT2D eigenvalue weighted by Crippen LogP contribution is 2.09. The van der Waals surface area contributed by atoms with Crippen molar-refractivity contribution in [1.82, 2.24) is 14.9 Å². The van der Waals surface area contributed by atoms with Crippen molar-refractivity contribution in [3.63, 3.8) is 0 Å². The third-order valence-corrected chi connectivity index (χ3v) is 3.71. The van der Waals surface area contributed by atoms with Crippen LogP contribution in [0.1, 0.15) is 22.0 Å². The van der Waals surface area contributed by atoms with Gasteiger partial charge >= 0.3 is 0 Å². The first kappa shape index (κ1) is 12.8. The molecule has 0 spiro atoms. The molecule has 2 aromatic heterocycles. The van der Waals surface area contributed by atoms with Crippen LogP contribution in [0.2, 0.25) is 0 Å². The zero-order valence-electron chi connectivity index (χ0n) is 10.6. The van der Waals surface area contributed by atoms with E-state index in [2.05, 4.69) is 21.8 Å². The topological polar surface area (TPSA) is 53.6 Å². The summed E-state index contributed by atoms with van der Waals surface area (Å²) in [6, 6.07) is 4.08. The lowest BCUT2D eigenvalue weighted by atomic mass is 10.3. The Bertz CT molecular complexity index is 562. The molecule has 0 atom stereocenters. The molecule has 0 unspecified atom stereocenters. The zero-order valence-corrected chi connectivity index (χ0v) is 11.4. The van der Waals surface area contributed by atoms with Crippen molar-refractivity contribution in [2.75, 3.05) is 6.54 Å². The molecule has 0 saturated heterocycles. The van der Waals surface area contributed by atoms with E-state index in [9.17, 15) is 0 Å². The number of rotatable bonds is 5. The van der Waals surface area contributed by atoms with Gasteiger partial charge in [0.25, 0.3) is 0 Å². The lowest BCUT2D eigenvalue weighted by Crippen LogP contribution is -2.16. The Morgan fingerprint density at radius 1 is 1.56 bits per heavy atom. The average molecular weight is 260 g/mol. The molecule has 0 radical (unpaired) electrons. The minimum absolute atomic E-state index is 0.697. The van der Waals surface area contributed by atoms with Gasteiger partial charge in [0.1, 0.15) is 11.8 Å². The molecule has 0 amide bonds. The molecule has 4 nitrogen and oxygen atoms in total. The molecular formula is C13H16N4S. The van der Waals surface area contributed by atoms with Crippen LogP contribution in [0.25, 0.3) is 0 Å². The number of aromatic nitrogens is 2. The van der Waals surface area contributed by atoms with Crippen LogP contribution in [-0.4, -0.2) is 16.1 Å². The van der Waals surface area contributed by atoms with Gasteiger partial charge in [-0.25, -0.2) is 4.98 Å². The van der Waals surface area contributed by atoms with Crippen LogP contribution in [-0.2, 0) is 20.0 Å². The van der Waals surface area contributed by atoms with Gasteiger partial charge in [-0.3, -0.25) is 0 Å². The van der Waals surface area contributed by atoms with E-state index in [1.54, 1.807) is 11.3 Å². The lowest BCUT2D eigenvalue weighted by molar-refractivity contribution is 0.683. The minimum atomic E-state index is 0.697. The van der Waals surface area contributed by atoms with Gasteiger partial charge in [-0.05, 0) is 18.6 Å². The highest BCUT2D eigenvalue weighted by Gasteiger charge is 2.02. The van der Waals surface area contributed by atoms with Crippen molar-refractivity contribution in [3.05, 3.63) is 39.6 Å². The van der Waals surface area contributed by atoms with Crippen LogP contribution in [0, 0.1) is 18.3 Å². The monoisotopic (exact) mass is 260 g/mol. The molecule has 18 heavy (non-hydrogen) atoms. The van der Waals surface area contributed by atoms with Gasteiger partial charge in [0.2, 0.25) is 0 Å². The maximum absolute atomic E-state index is 8.86. The zero-order chi connectivity index (χ0) is 13.0. The lowest BCUT2D eigenvalue weighted by Gasteiger charge is -2.00. The summed E-state index contributed by atoms with van der Waals surface area (Å²) in [4.78, 5) is 4.42. The Hall–Kier alpha value is -1.64. The summed E-state index contributed by atoms with van der Waals surface area (Å²) in [5.74, 6) is 0. The summed E-state index contributed by atoms with van der Waals surface area (Å²) < 4.78 is 1.85. The van der Waals surface area contributed by atoms with E-state index in [0.717, 1.165) is 30.8 Å². The molecule has 0 aliphatic carbocycles. The fourth-order valence-corrected chi connectivity index (χ4v) is 2.56. The Morgan fingerprint density at radius 3 is 3.00 bits per heavy atom. The van der Waals surface area contributed by atoms with Crippen molar-refractivity contribution >= 4 is 11.3 Å². The number of thiazole rings is 1. The number of hydrogen-bond donors (Lipinski definition) is 1. The summed E-state index contributed by atoms with van der Waals surface area (Å²) in [6.45, 7) is 3.71. The molecule has 2 heterocycles. The van der Waals surface area contributed by atoms with E-state index >= 15 is 0 Å². The molecule has 0 aliphatic rings. The van der Waals surface area contributed by atoms with Gasteiger partial charge in [0.15, 0.2) is 0 Å². The molecule has 0 aromatic carbocycles. The summed E-state index contributed by atoms with van der Waals surface area (Å²) in [7, 11) is 1.89. The van der Waals surface area contributed by atoms with Gasteiger partial charge < -0.3 is 9.88 Å². The average Bonchev–Trinajstić information content (AvgIpc) is 2.91. The van der Waals surface area contributed by atoms with E-state index in [-0.39, 0.29) is 0 Å². The van der Waals surface area contributed by atoms with Crippen molar-refractivity contribution < 1.29 is 0 Å². The Balaban J connectivity index is 1.77. The minimum Gasteiger partial charge on any atom is -0.342 e.